The van der Waals surface area contributed by atoms with Crippen molar-refractivity contribution in [1.82, 2.24) is 19.2 Å². The zero-order valence-electron chi connectivity index (χ0n) is 13.2. The van der Waals surface area contributed by atoms with Crippen LogP contribution in [0.4, 0.5) is 5.82 Å². The Morgan fingerprint density at radius 3 is 2.30 bits per heavy atom. The number of sulfonamides is 1. The molecule has 2 aliphatic heterocycles. The first-order valence-corrected chi connectivity index (χ1v) is 9.61. The van der Waals surface area contributed by atoms with Crippen LogP contribution in [0.1, 0.15) is 23.3 Å². The van der Waals surface area contributed by atoms with Crippen molar-refractivity contribution in [1.29, 1.82) is 0 Å². The van der Waals surface area contributed by atoms with Crippen LogP contribution in [0, 0.1) is 0 Å². The van der Waals surface area contributed by atoms with Gasteiger partial charge in [0, 0.05) is 45.3 Å². The van der Waals surface area contributed by atoms with Gasteiger partial charge in [0.1, 0.15) is 17.8 Å². The van der Waals surface area contributed by atoms with Crippen molar-refractivity contribution in [3.63, 3.8) is 0 Å². The van der Waals surface area contributed by atoms with Crippen molar-refractivity contribution < 1.29 is 13.2 Å². The molecule has 0 aromatic carbocycles. The zero-order valence-corrected chi connectivity index (χ0v) is 14.0. The fraction of sp³-hybridized carbons (Fsp3) is 0.643. The second-order valence-electron chi connectivity index (χ2n) is 5.91. The van der Waals surface area contributed by atoms with Gasteiger partial charge in [-0.3, -0.25) is 4.79 Å². The van der Waals surface area contributed by atoms with E-state index in [4.69, 9.17) is 0 Å². The summed E-state index contributed by atoms with van der Waals surface area (Å²) in [5.41, 5.74) is 0.370. The highest BCUT2D eigenvalue weighted by molar-refractivity contribution is 7.88. The van der Waals surface area contributed by atoms with Crippen LogP contribution < -0.4 is 4.90 Å². The van der Waals surface area contributed by atoms with Crippen LogP contribution in [-0.4, -0.2) is 79.0 Å². The van der Waals surface area contributed by atoms with Gasteiger partial charge in [0.2, 0.25) is 10.0 Å². The Balaban J connectivity index is 1.68. The van der Waals surface area contributed by atoms with Crippen molar-refractivity contribution in [3.8, 4) is 0 Å². The van der Waals surface area contributed by atoms with Crippen molar-refractivity contribution >= 4 is 21.7 Å². The van der Waals surface area contributed by atoms with E-state index in [1.807, 2.05) is 0 Å². The second kappa shape index (κ2) is 6.40. The first-order valence-electron chi connectivity index (χ1n) is 7.76. The molecule has 0 spiro atoms. The largest absolute Gasteiger partial charge is 0.357 e. The van der Waals surface area contributed by atoms with Crippen LogP contribution in [-0.2, 0) is 10.0 Å². The summed E-state index contributed by atoms with van der Waals surface area (Å²) >= 11 is 0. The van der Waals surface area contributed by atoms with E-state index in [1.54, 1.807) is 11.0 Å². The van der Waals surface area contributed by atoms with Gasteiger partial charge < -0.3 is 9.80 Å². The van der Waals surface area contributed by atoms with E-state index in [0.29, 0.717) is 31.9 Å². The van der Waals surface area contributed by atoms with E-state index in [1.165, 1.54) is 16.9 Å². The molecular formula is C14H21N5O3S. The number of carbonyl (C=O) groups excluding carboxylic acids is 1. The number of carbonyl (C=O) groups is 1. The Hall–Kier alpha value is -1.74. The number of rotatable bonds is 3. The van der Waals surface area contributed by atoms with E-state index < -0.39 is 10.0 Å². The predicted molar refractivity (Wildman–Crippen MR) is 85.8 cm³/mol. The SMILES string of the molecule is CS(=O)(=O)N1CCN(C(=O)c2cc(N3CCCC3)ncn2)CC1. The Labute approximate surface area is 136 Å². The number of hydrogen-bond acceptors (Lipinski definition) is 6. The summed E-state index contributed by atoms with van der Waals surface area (Å²) in [6.07, 6.45) is 4.90. The van der Waals surface area contributed by atoms with E-state index in [-0.39, 0.29) is 5.91 Å². The average Bonchev–Trinajstić information content (AvgIpc) is 3.08. The molecule has 2 aliphatic rings. The molecule has 23 heavy (non-hydrogen) atoms. The minimum absolute atomic E-state index is 0.166. The van der Waals surface area contributed by atoms with Crippen LogP contribution in [0.2, 0.25) is 0 Å². The van der Waals surface area contributed by atoms with Crippen molar-refractivity contribution in [2.24, 2.45) is 0 Å². The molecule has 3 rings (SSSR count). The van der Waals surface area contributed by atoms with Crippen LogP contribution in [0.5, 0.6) is 0 Å². The van der Waals surface area contributed by atoms with Gasteiger partial charge in [-0.1, -0.05) is 0 Å². The lowest BCUT2D eigenvalue weighted by Gasteiger charge is -2.33. The van der Waals surface area contributed by atoms with Gasteiger partial charge in [-0.2, -0.15) is 4.31 Å². The molecule has 0 N–H and O–H groups in total. The molecule has 8 nitrogen and oxygen atoms in total. The third-order valence-corrected chi connectivity index (χ3v) is 5.60. The Kier molecular flexibility index (Phi) is 4.49. The van der Waals surface area contributed by atoms with Crippen molar-refractivity contribution in [2.45, 2.75) is 12.8 Å². The lowest BCUT2D eigenvalue weighted by Crippen LogP contribution is -2.50. The lowest BCUT2D eigenvalue weighted by molar-refractivity contribution is 0.0692. The summed E-state index contributed by atoms with van der Waals surface area (Å²) in [6, 6.07) is 1.73. The minimum Gasteiger partial charge on any atom is -0.357 e. The fourth-order valence-corrected chi connectivity index (χ4v) is 3.79. The van der Waals surface area contributed by atoms with Crippen molar-refractivity contribution in [2.75, 3.05) is 50.4 Å². The minimum atomic E-state index is -3.19. The maximum atomic E-state index is 12.6. The Bertz CT molecular complexity index is 679. The van der Waals surface area contributed by atoms with E-state index in [9.17, 15) is 13.2 Å². The van der Waals surface area contributed by atoms with Crippen LogP contribution in [0.25, 0.3) is 0 Å². The number of nitrogens with zero attached hydrogens (tertiary/aromatic N) is 5. The number of piperazine rings is 1. The third kappa shape index (κ3) is 3.61. The molecule has 2 saturated heterocycles. The van der Waals surface area contributed by atoms with Gasteiger partial charge in [-0.15, -0.1) is 0 Å². The molecular weight excluding hydrogens is 318 g/mol. The van der Waals surface area contributed by atoms with Crippen LogP contribution in [0.3, 0.4) is 0 Å². The highest BCUT2D eigenvalue weighted by Gasteiger charge is 2.27. The number of hydrogen-bond donors (Lipinski definition) is 0. The Morgan fingerprint density at radius 1 is 1.04 bits per heavy atom. The summed E-state index contributed by atoms with van der Waals surface area (Å²) in [5, 5.41) is 0. The number of anilines is 1. The van der Waals surface area contributed by atoms with Gasteiger partial charge in [-0.25, -0.2) is 18.4 Å². The maximum absolute atomic E-state index is 12.6. The molecule has 0 bridgehead atoms. The molecule has 0 atom stereocenters. The van der Waals surface area contributed by atoms with E-state index in [2.05, 4.69) is 14.9 Å². The van der Waals surface area contributed by atoms with Crippen LogP contribution in [0.15, 0.2) is 12.4 Å². The molecule has 126 valence electrons. The number of aromatic nitrogens is 2. The highest BCUT2D eigenvalue weighted by atomic mass is 32.2. The fourth-order valence-electron chi connectivity index (χ4n) is 2.97. The summed E-state index contributed by atoms with van der Waals surface area (Å²) < 4.78 is 24.4. The van der Waals surface area contributed by atoms with Crippen LogP contribution >= 0.6 is 0 Å². The molecule has 1 amide bonds. The van der Waals surface area contributed by atoms with E-state index in [0.717, 1.165) is 31.7 Å². The average molecular weight is 339 g/mol. The summed E-state index contributed by atoms with van der Waals surface area (Å²) in [6.45, 7) is 3.34. The van der Waals surface area contributed by atoms with Gasteiger partial charge >= 0.3 is 0 Å². The first-order chi connectivity index (χ1) is 10.9. The van der Waals surface area contributed by atoms with Gasteiger partial charge in [-0.05, 0) is 12.8 Å². The molecule has 3 heterocycles. The maximum Gasteiger partial charge on any atom is 0.272 e. The summed E-state index contributed by atoms with van der Waals surface area (Å²) in [7, 11) is -3.19. The molecule has 0 saturated carbocycles. The quantitative estimate of drug-likeness (QED) is 0.758. The number of amides is 1. The van der Waals surface area contributed by atoms with Crippen molar-refractivity contribution in [3.05, 3.63) is 18.1 Å². The molecule has 0 radical (unpaired) electrons. The zero-order chi connectivity index (χ0) is 16.4. The van der Waals surface area contributed by atoms with E-state index >= 15 is 0 Å². The predicted octanol–water partition coefficient (Wildman–Crippen LogP) is -0.206. The van der Waals surface area contributed by atoms with Gasteiger partial charge in [0.25, 0.3) is 5.91 Å². The topological polar surface area (TPSA) is 86.7 Å². The molecule has 0 aliphatic carbocycles. The molecule has 1 aromatic heterocycles. The smallest absolute Gasteiger partial charge is 0.272 e. The highest BCUT2D eigenvalue weighted by Crippen LogP contribution is 2.18. The first kappa shape index (κ1) is 16.1. The van der Waals surface area contributed by atoms with Gasteiger partial charge in [0.15, 0.2) is 0 Å². The molecule has 9 heteroatoms. The van der Waals surface area contributed by atoms with Gasteiger partial charge in [0.05, 0.1) is 6.26 Å². The normalized spacial score (nSPS) is 20.0. The molecule has 0 unspecified atom stereocenters. The second-order valence-corrected chi connectivity index (χ2v) is 7.89. The lowest BCUT2D eigenvalue weighted by atomic mass is 10.3. The summed E-state index contributed by atoms with van der Waals surface area (Å²) in [4.78, 5) is 24.7. The molecule has 1 aromatic rings. The monoisotopic (exact) mass is 339 g/mol. The Morgan fingerprint density at radius 2 is 1.70 bits per heavy atom. The third-order valence-electron chi connectivity index (χ3n) is 4.30. The standard InChI is InChI=1S/C14H21N5O3S/c1-23(21,22)19-8-6-18(7-9-19)14(20)12-10-13(16-11-15-12)17-4-2-3-5-17/h10-11H,2-9H2,1H3. The summed E-state index contributed by atoms with van der Waals surface area (Å²) in [5.74, 6) is 0.622. The molecule has 2 fully saturated rings.